The highest BCUT2D eigenvalue weighted by molar-refractivity contribution is 7.92. The number of aryl methyl sites for hydroxylation is 1. The van der Waals surface area contributed by atoms with Crippen LogP contribution in [0.4, 0.5) is 11.4 Å². The summed E-state index contributed by atoms with van der Waals surface area (Å²) in [5.74, 6) is -0.855. The molecule has 0 aromatic heterocycles. The van der Waals surface area contributed by atoms with Gasteiger partial charge in [-0.1, -0.05) is 74.0 Å². The number of nitrogens with zero attached hydrogens (tertiary/aromatic N) is 3. The summed E-state index contributed by atoms with van der Waals surface area (Å²) in [6.07, 6.45) is 1.08. The molecule has 0 saturated heterocycles. The van der Waals surface area contributed by atoms with Crippen LogP contribution in [0, 0.1) is 23.0 Å². The molecule has 43 heavy (non-hydrogen) atoms. The Morgan fingerprint density at radius 1 is 1.00 bits per heavy atom. The lowest BCUT2D eigenvalue weighted by Crippen LogP contribution is -2.53. The second-order valence-electron chi connectivity index (χ2n) is 10.7. The SMILES string of the molecule is COc1ccc([N+](=O)[O-])cc1N(CC(=O)N(Cc1ccc(C)cc1)[C@@H](Cc1ccccc1)C(=O)NCC(C)C)S(C)(=O)=O. The van der Waals surface area contributed by atoms with E-state index in [1.807, 2.05) is 75.4 Å². The Morgan fingerprint density at radius 3 is 2.21 bits per heavy atom. The normalized spacial score (nSPS) is 12.0. The molecule has 0 aliphatic heterocycles. The minimum Gasteiger partial charge on any atom is -0.495 e. The van der Waals surface area contributed by atoms with E-state index >= 15 is 0 Å². The van der Waals surface area contributed by atoms with E-state index in [0.717, 1.165) is 33.3 Å². The van der Waals surface area contributed by atoms with E-state index in [1.165, 1.54) is 24.1 Å². The van der Waals surface area contributed by atoms with Gasteiger partial charge in [-0.3, -0.25) is 24.0 Å². The number of carbonyl (C=O) groups is 2. The Kier molecular flexibility index (Phi) is 11.2. The molecule has 1 atom stereocenters. The fourth-order valence-corrected chi connectivity index (χ4v) is 5.29. The van der Waals surface area contributed by atoms with E-state index < -0.39 is 33.4 Å². The Bertz CT molecular complexity index is 1530. The van der Waals surface area contributed by atoms with Crippen molar-refractivity contribution in [3.05, 3.63) is 99.6 Å². The van der Waals surface area contributed by atoms with Crippen LogP contribution >= 0.6 is 0 Å². The first-order valence-electron chi connectivity index (χ1n) is 13.8. The van der Waals surface area contributed by atoms with Crippen molar-refractivity contribution in [3.63, 3.8) is 0 Å². The molecule has 0 aliphatic rings. The molecular formula is C31H38N4O7S. The molecule has 0 unspecified atom stereocenters. The standard InChI is InChI=1S/C31H38N4O7S/c1-22(2)19-32-31(37)28(17-24-9-7-6-8-10-24)33(20-25-13-11-23(3)12-14-25)30(36)21-34(43(5,40)41)27-18-26(35(38)39)15-16-29(27)42-4/h6-16,18,22,28H,17,19-21H2,1-5H3,(H,32,37)/t28-/m0/s1. The maximum absolute atomic E-state index is 14.2. The summed E-state index contributed by atoms with van der Waals surface area (Å²) in [7, 11) is -2.85. The number of anilines is 1. The molecule has 0 aliphatic carbocycles. The highest BCUT2D eigenvalue weighted by atomic mass is 32.2. The summed E-state index contributed by atoms with van der Waals surface area (Å²) >= 11 is 0. The van der Waals surface area contributed by atoms with E-state index in [1.54, 1.807) is 0 Å². The zero-order valence-corrected chi connectivity index (χ0v) is 25.8. The van der Waals surface area contributed by atoms with Crippen molar-refractivity contribution in [3.8, 4) is 5.75 Å². The van der Waals surface area contributed by atoms with Crippen LogP contribution in [0.5, 0.6) is 5.75 Å². The molecule has 2 amide bonds. The minimum atomic E-state index is -4.14. The summed E-state index contributed by atoms with van der Waals surface area (Å²) in [5.41, 5.74) is 2.04. The zero-order chi connectivity index (χ0) is 31.7. The molecule has 0 heterocycles. The molecule has 3 rings (SSSR count). The monoisotopic (exact) mass is 610 g/mol. The number of benzene rings is 3. The second-order valence-corrected chi connectivity index (χ2v) is 12.6. The van der Waals surface area contributed by atoms with Gasteiger partial charge in [0.1, 0.15) is 24.0 Å². The molecule has 230 valence electrons. The van der Waals surface area contributed by atoms with Crippen molar-refractivity contribution in [1.82, 2.24) is 10.2 Å². The number of methoxy groups -OCH3 is 1. The molecule has 0 fully saturated rings. The third-order valence-corrected chi connectivity index (χ3v) is 7.88. The molecule has 0 spiro atoms. The molecule has 0 radical (unpaired) electrons. The first-order valence-corrected chi connectivity index (χ1v) is 15.6. The molecule has 3 aromatic carbocycles. The largest absolute Gasteiger partial charge is 0.495 e. The molecule has 3 aromatic rings. The smallest absolute Gasteiger partial charge is 0.271 e. The van der Waals surface area contributed by atoms with E-state index in [-0.39, 0.29) is 41.9 Å². The van der Waals surface area contributed by atoms with Crippen LogP contribution in [0.3, 0.4) is 0 Å². The van der Waals surface area contributed by atoms with E-state index in [4.69, 9.17) is 4.74 Å². The lowest BCUT2D eigenvalue weighted by molar-refractivity contribution is -0.384. The van der Waals surface area contributed by atoms with E-state index in [0.29, 0.717) is 6.54 Å². The number of ether oxygens (including phenoxy) is 1. The van der Waals surface area contributed by atoms with Gasteiger partial charge >= 0.3 is 0 Å². The second kappa shape index (κ2) is 14.6. The number of nitro groups is 1. The van der Waals surface area contributed by atoms with Crippen LogP contribution in [-0.2, 0) is 32.6 Å². The average molecular weight is 611 g/mol. The average Bonchev–Trinajstić information content (AvgIpc) is 2.96. The highest BCUT2D eigenvalue weighted by Gasteiger charge is 2.34. The van der Waals surface area contributed by atoms with Gasteiger partial charge in [-0.2, -0.15) is 0 Å². The van der Waals surface area contributed by atoms with Gasteiger partial charge in [-0.25, -0.2) is 8.42 Å². The van der Waals surface area contributed by atoms with Gasteiger partial charge in [0.15, 0.2) is 0 Å². The fourth-order valence-electron chi connectivity index (χ4n) is 4.45. The van der Waals surface area contributed by atoms with Crippen molar-refractivity contribution in [2.75, 3.05) is 30.8 Å². The van der Waals surface area contributed by atoms with Gasteiger partial charge in [0.2, 0.25) is 21.8 Å². The molecular weight excluding hydrogens is 572 g/mol. The molecule has 0 saturated carbocycles. The number of amides is 2. The fraction of sp³-hybridized carbons (Fsp3) is 0.355. The van der Waals surface area contributed by atoms with Gasteiger partial charge in [0, 0.05) is 31.6 Å². The van der Waals surface area contributed by atoms with Gasteiger partial charge in [0.05, 0.1) is 18.3 Å². The maximum atomic E-state index is 14.2. The molecule has 11 nitrogen and oxygen atoms in total. The van der Waals surface area contributed by atoms with E-state index in [2.05, 4.69) is 5.32 Å². The third-order valence-electron chi connectivity index (χ3n) is 6.75. The van der Waals surface area contributed by atoms with Crippen molar-refractivity contribution in [2.45, 2.75) is 39.8 Å². The molecule has 12 heteroatoms. The van der Waals surface area contributed by atoms with Crippen molar-refractivity contribution in [1.29, 1.82) is 0 Å². The Morgan fingerprint density at radius 2 is 1.65 bits per heavy atom. The number of nitro benzene ring substituents is 1. The summed E-state index contributed by atoms with van der Waals surface area (Å²) in [6, 6.07) is 19.2. The van der Waals surface area contributed by atoms with Crippen molar-refractivity contribution < 1.29 is 27.7 Å². The van der Waals surface area contributed by atoms with Crippen LogP contribution in [-0.4, -0.2) is 62.6 Å². The number of nitrogens with one attached hydrogen (secondary N) is 1. The predicted molar refractivity (Wildman–Crippen MR) is 165 cm³/mol. The predicted octanol–water partition coefficient (Wildman–Crippen LogP) is 4.09. The number of hydrogen-bond acceptors (Lipinski definition) is 7. The zero-order valence-electron chi connectivity index (χ0n) is 25.0. The maximum Gasteiger partial charge on any atom is 0.271 e. The summed E-state index contributed by atoms with van der Waals surface area (Å²) in [6.45, 7) is 5.54. The summed E-state index contributed by atoms with van der Waals surface area (Å²) < 4.78 is 32.2. The number of carbonyl (C=O) groups excluding carboxylic acids is 2. The van der Waals surface area contributed by atoms with Crippen LogP contribution in [0.2, 0.25) is 0 Å². The number of rotatable bonds is 14. The van der Waals surface area contributed by atoms with Crippen LogP contribution in [0.1, 0.15) is 30.5 Å². The first kappa shape index (κ1) is 33.1. The van der Waals surface area contributed by atoms with Gasteiger partial charge in [-0.05, 0) is 30.0 Å². The van der Waals surface area contributed by atoms with Gasteiger partial charge in [0.25, 0.3) is 5.69 Å². The van der Waals surface area contributed by atoms with Crippen molar-refractivity contribution in [2.24, 2.45) is 5.92 Å². The lowest BCUT2D eigenvalue weighted by atomic mass is 10.0. The van der Waals surface area contributed by atoms with Gasteiger partial charge in [-0.15, -0.1) is 0 Å². The molecule has 1 N–H and O–H groups in total. The summed E-state index contributed by atoms with van der Waals surface area (Å²) in [4.78, 5) is 40.1. The Labute approximate surface area is 252 Å². The van der Waals surface area contributed by atoms with Gasteiger partial charge < -0.3 is 15.0 Å². The van der Waals surface area contributed by atoms with E-state index in [9.17, 15) is 28.1 Å². The first-order chi connectivity index (χ1) is 20.3. The minimum absolute atomic E-state index is 0.0232. The topological polar surface area (TPSA) is 139 Å². The van der Waals surface area contributed by atoms with Crippen molar-refractivity contribution >= 4 is 33.2 Å². The Balaban J connectivity index is 2.11. The number of sulfonamides is 1. The third kappa shape index (κ3) is 9.27. The summed E-state index contributed by atoms with van der Waals surface area (Å²) in [5, 5.41) is 14.4. The van der Waals surface area contributed by atoms with Crippen LogP contribution in [0.25, 0.3) is 0 Å². The number of non-ortho nitro benzene ring substituents is 1. The molecule has 0 bridgehead atoms. The quantitative estimate of drug-likeness (QED) is 0.214. The lowest BCUT2D eigenvalue weighted by Gasteiger charge is -2.34. The number of hydrogen-bond donors (Lipinski definition) is 1. The Hall–Kier alpha value is -4.45. The van der Waals surface area contributed by atoms with Crippen LogP contribution < -0.4 is 14.4 Å². The highest BCUT2D eigenvalue weighted by Crippen LogP contribution is 2.34. The van der Waals surface area contributed by atoms with Crippen LogP contribution in [0.15, 0.2) is 72.8 Å².